The molecule has 0 aliphatic carbocycles. The van der Waals surface area contributed by atoms with Gasteiger partial charge in [0.1, 0.15) is 0 Å². The molecule has 96 valence electrons. The van der Waals surface area contributed by atoms with E-state index < -0.39 is 0 Å². The number of nitrogens with zero attached hydrogens (tertiary/aromatic N) is 2. The molecule has 0 bridgehead atoms. The molecule has 0 saturated heterocycles. The van der Waals surface area contributed by atoms with Crippen molar-refractivity contribution in [2.24, 2.45) is 5.73 Å². The van der Waals surface area contributed by atoms with Crippen molar-refractivity contribution in [2.75, 3.05) is 11.9 Å². The summed E-state index contributed by atoms with van der Waals surface area (Å²) >= 11 is 0. The van der Waals surface area contributed by atoms with E-state index in [0.717, 1.165) is 17.9 Å². The van der Waals surface area contributed by atoms with Gasteiger partial charge in [-0.2, -0.15) is 0 Å². The fourth-order valence-electron chi connectivity index (χ4n) is 1.99. The van der Waals surface area contributed by atoms with Gasteiger partial charge >= 0.3 is 0 Å². The van der Waals surface area contributed by atoms with Gasteiger partial charge in [-0.25, -0.2) is 4.98 Å². The lowest BCUT2D eigenvalue weighted by Crippen LogP contribution is -2.23. The van der Waals surface area contributed by atoms with Gasteiger partial charge in [-0.1, -0.05) is 17.7 Å². The Morgan fingerprint density at radius 2 is 2.06 bits per heavy atom. The van der Waals surface area contributed by atoms with Crippen molar-refractivity contribution < 1.29 is 0 Å². The summed E-state index contributed by atoms with van der Waals surface area (Å²) in [5.74, 6) is 0. The van der Waals surface area contributed by atoms with Crippen LogP contribution in [0.2, 0.25) is 0 Å². The molecule has 2 rings (SSSR count). The monoisotopic (exact) mass is 244 g/mol. The van der Waals surface area contributed by atoms with Gasteiger partial charge in [-0.3, -0.25) is 0 Å². The minimum atomic E-state index is 0.0927. The normalized spacial score (nSPS) is 12.4. The van der Waals surface area contributed by atoms with Crippen molar-refractivity contribution in [3.63, 3.8) is 0 Å². The van der Waals surface area contributed by atoms with Crippen LogP contribution in [-0.4, -0.2) is 16.1 Å². The van der Waals surface area contributed by atoms with Gasteiger partial charge in [0.05, 0.1) is 24.3 Å². The number of aromatic nitrogens is 2. The van der Waals surface area contributed by atoms with E-state index in [2.05, 4.69) is 53.0 Å². The summed E-state index contributed by atoms with van der Waals surface area (Å²) in [4.78, 5) is 4.18. The first kappa shape index (κ1) is 12.6. The standard InChI is InChI=1S/C14H20N4/c1-3-18-10-16-9-14(18)13(8-15)17-12-6-4-11(2)5-7-12/h4-7,9-10,13,17H,3,8,15H2,1-2H3. The van der Waals surface area contributed by atoms with Gasteiger partial charge in [0.2, 0.25) is 0 Å². The zero-order valence-corrected chi connectivity index (χ0v) is 10.9. The summed E-state index contributed by atoms with van der Waals surface area (Å²) in [6, 6.07) is 8.42. The second-order valence-electron chi connectivity index (χ2n) is 4.40. The average molecular weight is 244 g/mol. The lowest BCUT2D eigenvalue weighted by atomic mass is 10.1. The predicted molar refractivity (Wildman–Crippen MR) is 74.5 cm³/mol. The van der Waals surface area contributed by atoms with Crippen LogP contribution >= 0.6 is 0 Å². The smallest absolute Gasteiger partial charge is 0.0948 e. The van der Waals surface area contributed by atoms with Crippen molar-refractivity contribution in [1.82, 2.24) is 9.55 Å². The molecule has 0 amide bonds. The number of nitrogens with one attached hydrogen (secondary N) is 1. The number of anilines is 1. The largest absolute Gasteiger partial charge is 0.375 e. The van der Waals surface area contributed by atoms with E-state index in [1.54, 1.807) is 0 Å². The SMILES string of the molecule is CCn1cncc1C(CN)Nc1ccc(C)cc1. The van der Waals surface area contributed by atoms with Gasteiger partial charge in [0.15, 0.2) is 0 Å². The summed E-state index contributed by atoms with van der Waals surface area (Å²) in [5, 5.41) is 3.45. The lowest BCUT2D eigenvalue weighted by Gasteiger charge is -2.19. The Morgan fingerprint density at radius 1 is 1.33 bits per heavy atom. The van der Waals surface area contributed by atoms with Gasteiger partial charge < -0.3 is 15.6 Å². The lowest BCUT2D eigenvalue weighted by molar-refractivity contribution is 0.654. The Kier molecular flexibility index (Phi) is 3.99. The molecule has 1 aromatic carbocycles. The van der Waals surface area contributed by atoms with Crippen molar-refractivity contribution in [3.05, 3.63) is 48.0 Å². The average Bonchev–Trinajstić information content (AvgIpc) is 2.86. The summed E-state index contributed by atoms with van der Waals surface area (Å²) < 4.78 is 2.11. The number of hydrogen-bond donors (Lipinski definition) is 2. The third kappa shape index (κ3) is 2.71. The Hall–Kier alpha value is -1.81. The van der Waals surface area contributed by atoms with Gasteiger partial charge in [-0.15, -0.1) is 0 Å². The van der Waals surface area contributed by atoms with Crippen molar-refractivity contribution in [2.45, 2.75) is 26.4 Å². The van der Waals surface area contributed by atoms with E-state index in [0.29, 0.717) is 6.54 Å². The molecule has 1 unspecified atom stereocenters. The van der Waals surface area contributed by atoms with E-state index in [1.165, 1.54) is 5.56 Å². The van der Waals surface area contributed by atoms with Crippen LogP contribution in [0.1, 0.15) is 24.2 Å². The highest BCUT2D eigenvalue weighted by molar-refractivity contribution is 5.46. The molecule has 0 saturated carbocycles. The molecule has 0 fully saturated rings. The Bertz CT molecular complexity index is 487. The molecule has 1 aromatic heterocycles. The fraction of sp³-hybridized carbons (Fsp3) is 0.357. The minimum Gasteiger partial charge on any atom is -0.375 e. The molecule has 18 heavy (non-hydrogen) atoms. The number of aryl methyl sites for hydroxylation is 2. The zero-order valence-electron chi connectivity index (χ0n) is 10.9. The van der Waals surface area contributed by atoms with Crippen LogP contribution in [0, 0.1) is 6.92 Å². The predicted octanol–water partition coefficient (Wildman–Crippen LogP) is 2.32. The number of imidazole rings is 1. The molecular weight excluding hydrogens is 224 g/mol. The Morgan fingerprint density at radius 3 is 2.67 bits per heavy atom. The van der Waals surface area contributed by atoms with E-state index in [4.69, 9.17) is 5.73 Å². The first-order valence-electron chi connectivity index (χ1n) is 6.28. The molecule has 1 atom stereocenters. The second-order valence-corrected chi connectivity index (χ2v) is 4.40. The molecule has 0 aliphatic rings. The summed E-state index contributed by atoms with van der Waals surface area (Å²) in [6.07, 6.45) is 3.72. The number of hydrogen-bond acceptors (Lipinski definition) is 3. The highest BCUT2D eigenvalue weighted by Gasteiger charge is 2.13. The fourth-order valence-corrected chi connectivity index (χ4v) is 1.99. The molecule has 2 aromatic rings. The van der Waals surface area contributed by atoms with Crippen LogP contribution in [0.15, 0.2) is 36.8 Å². The number of benzene rings is 1. The Balaban J connectivity index is 2.17. The molecule has 4 nitrogen and oxygen atoms in total. The highest BCUT2D eigenvalue weighted by Crippen LogP contribution is 2.19. The van der Waals surface area contributed by atoms with Crippen LogP contribution in [0.25, 0.3) is 0 Å². The zero-order chi connectivity index (χ0) is 13.0. The van der Waals surface area contributed by atoms with E-state index in [-0.39, 0.29) is 6.04 Å². The third-order valence-electron chi connectivity index (χ3n) is 3.07. The van der Waals surface area contributed by atoms with E-state index in [9.17, 15) is 0 Å². The summed E-state index contributed by atoms with van der Waals surface area (Å²) in [5.41, 5.74) is 9.32. The second kappa shape index (κ2) is 5.69. The topological polar surface area (TPSA) is 55.9 Å². The molecular formula is C14H20N4. The maximum atomic E-state index is 5.86. The van der Waals surface area contributed by atoms with Crippen molar-refractivity contribution in [1.29, 1.82) is 0 Å². The molecule has 0 radical (unpaired) electrons. The summed E-state index contributed by atoms with van der Waals surface area (Å²) in [7, 11) is 0. The van der Waals surface area contributed by atoms with Crippen molar-refractivity contribution >= 4 is 5.69 Å². The van der Waals surface area contributed by atoms with Crippen LogP contribution < -0.4 is 11.1 Å². The Labute approximate surface area is 108 Å². The van der Waals surface area contributed by atoms with Gasteiger partial charge in [0.25, 0.3) is 0 Å². The minimum absolute atomic E-state index is 0.0927. The quantitative estimate of drug-likeness (QED) is 0.848. The molecule has 3 N–H and O–H groups in total. The number of nitrogens with two attached hydrogens (primary N) is 1. The molecule has 0 aliphatic heterocycles. The van der Waals surface area contributed by atoms with Crippen LogP contribution in [-0.2, 0) is 6.54 Å². The van der Waals surface area contributed by atoms with Crippen LogP contribution in [0.4, 0.5) is 5.69 Å². The maximum absolute atomic E-state index is 5.86. The summed E-state index contributed by atoms with van der Waals surface area (Å²) in [6.45, 7) is 5.63. The first-order chi connectivity index (χ1) is 8.74. The molecule has 4 heteroatoms. The van der Waals surface area contributed by atoms with E-state index in [1.807, 2.05) is 12.5 Å². The van der Waals surface area contributed by atoms with Gasteiger partial charge in [0, 0.05) is 18.8 Å². The molecule has 1 heterocycles. The number of rotatable bonds is 5. The molecule has 0 spiro atoms. The van der Waals surface area contributed by atoms with Crippen molar-refractivity contribution in [3.8, 4) is 0 Å². The van der Waals surface area contributed by atoms with Gasteiger partial charge in [-0.05, 0) is 26.0 Å². The van der Waals surface area contributed by atoms with E-state index >= 15 is 0 Å². The van der Waals surface area contributed by atoms with Crippen LogP contribution in [0.3, 0.4) is 0 Å². The third-order valence-corrected chi connectivity index (χ3v) is 3.07. The van der Waals surface area contributed by atoms with Crippen LogP contribution in [0.5, 0.6) is 0 Å². The maximum Gasteiger partial charge on any atom is 0.0948 e. The first-order valence-corrected chi connectivity index (χ1v) is 6.28. The highest BCUT2D eigenvalue weighted by atomic mass is 15.1.